The van der Waals surface area contributed by atoms with E-state index in [4.69, 9.17) is 99.5 Å². The van der Waals surface area contributed by atoms with Gasteiger partial charge in [0.2, 0.25) is 0 Å². The van der Waals surface area contributed by atoms with Crippen molar-refractivity contribution in [3.8, 4) is 33.4 Å². The summed E-state index contributed by atoms with van der Waals surface area (Å²) in [5, 5.41) is 0. The SMILES string of the molecule is CO[C@@H]1O[C@H](CO[C@@H]2O[C@H](CO[C@@H]3O[C@H](CO[C@@H]4O[C@H](COC(C)=O)[C@H](OC(C)=O)[C@H](OC(C)=O)[C@H]4OC(C)=O)[C@H](OC(=O)c4ccccc4)[C@H](OC(=O)c4ccccc4)[C@H]3OC(=O)c3ccccc3)[C@H](OC(=O)c3ccc(-c4ccccc4)cc3)[C@H](OC(=O)c3ccc(-c4ccccc4)cc3)[C@H]2OC(=O)c2ccc(-c3ccccc3)cc2)[C@H](OC(=O)c2ccccc2)[C@H](OC(=O)c2ccccc2)[C@H]1OC(=O)c1ccccc1. The lowest BCUT2D eigenvalue weighted by Gasteiger charge is -2.47. The molecule has 4 aliphatic rings. The standard InChI is InChI=1S/C114H100O34/c1-67(115)129-63-86-90(133-68(2)116)94(134-69(3)117)99(135-70(4)118)112(137-86)130-65-88-92(141-103(120)78-41-23-10-24-42-78)96(144-105(122)80-45-27-12-28-46-80)100(147-107(124)82-49-31-14-32-50-82)113(138-88)132-66-89-93(142-108(125)83-57-51-74(52-58-83)71-33-15-6-16-34-71)97(145-109(126)84-59-53-75(54-60-84)72-35-17-7-18-36-72)101(148-110(127)85-61-55-76(56-62-85)73-37-19-8-20-38-73)114(139-89)131-64-87-91(140-102(119)77-39-21-9-22-40-77)95(143-104(121)79-43-25-11-26-44-79)98(111(128-5)136-87)146-106(123)81-47-29-13-30-48-81/h6-62,86-101,111-114H,63-66H2,1-5H3/t86-,87-,88-,89-,90+,91+,92+,93+,94+,95+,96+,97+,98-,99-,100-,101-,111-,112-,113-,114-/m1/s1. The second-order valence-corrected chi connectivity index (χ2v) is 34.3. The average Bonchev–Trinajstić information content (AvgIpc) is 0.763. The molecule has 12 aromatic rings. The van der Waals surface area contributed by atoms with Crippen LogP contribution in [0, 0.1) is 0 Å². The summed E-state index contributed by atoms with van der Waals surface area (Å²) < 4.78 is 136. The first-order valence-corrected chi connectivity index (χ1v) is 47.2. The van der Waals surface area contributed by atoms with Crippen LogP contribution >= 0.6 is 0 Å². The van der Waals surface area contributed by atoms with E-state index in [1.807, 2.05) is 91.0 Å². The van der Waals surface area contributed by atoms with E-state index in [1.165, 1.54) is 153 Å². The van der Waals surface area contributed by atoms with Gasteiger partial charge in [-0.2, -0.15) is 0 Å². The molecule has 34 heteroatoms. The molecule has 12 aromatic carbocycles. The molecule has 0 spiro atoms. The lowest BCUT2D eigenvalue weighted by Crippen LogP contribution is -2.66. The van der Waals surface area contributed by atoms with Crippen LogP contribution < -0.4 is 0 Å². The number of rotatable bonds is 36. The maximum atomic E-state index is 16.0. The Labute approximate surface area is 848 Å². The Balaban J connectivity index is 0.874. The Kier molecular flexibility index (Phi) is 35.1. The summed E-state index contributed by atoms with van der Waals surface area (Å²) in [7, 11) is 1.18. The van der Waals surface area contributed by atoms with E-state index in [9.17, 15) is 28.8 Å². The van der Waals surface area contributed by atoms with Crippen LogP contribution in [0.3, 0.4) is 0 Å². The molecule has 20 atom stereocenters. The third kappa shape index (κ3) is 26.6. The van der Waals surface area contributed by atoms with Gasteiger partial charge >= 0.3 is 77.6 Å². The molecule has 0 bridgehead atoms. The molecule has 0 N–H and O–H groups in total. The van der Waals surface area contributed by atoms with Gasteiger partial charge in [-0.25, -0.2) is 43.2 Å². The second kappa shape index (κ2) is 49.8. The summed E-state index contributed by atoms with van der Waals surface area (Å²) >= 11 is 0. The van der Waals surface area contributed by atoms with Crippen molar-refractivity contribution in [1.82, 2.24) is 0 Å². The van der Waals surface area contributed by atoms with Crippen molar-refractivity contribution in [1.29, 1.82) is 0 Å². The van der Waals surface area contributed by atoms with Crippen molar-refractivity contribution in [3.05, 3.63) is 396 Å². The Morgan fingerprint density at radius 3 is 0.588 bits per heavy atom. The van der Waals surface area contributed by atoms with E-state index in [-0.39, 0.29) is 50.1 Å². The number of hydrogen-bond acceptors (Lipinski definition) is 34. The Bertz CT molecular complexity index is 6560. The minimum Gasteiger partial charge on any atom is -0.463 e. The van der Waals surface area contributed by atoms with Crippen LogP contribution in [-0.2, 0) is 119 Å². The first kappa shape index (κ1) is 104. The van der Waals surface area contributed by atoms with Crippen molar-refractivity contribution < 1.29 is 162 Å². The highest BCUT2D eigenvalue weighted by Crippen LogP contribution is 2.41. The summed E-state index contributed by atoms with van der Waals surface area (Å²) in [5.41, 5.74) is 3.23. The first-order valence-electron chi connectivity index (χ1n) is 47.2. The van der Waals surface area contributed by atoms with E-state index in [0.29, 0.717) is 16.7 Å². The fourth-order valence-corrected chi connectivity index (χ4v) is 17.1. The van der Waals surface area contributed by atoms with E-state index >= 15 is 33.6 Å². The maximum Gasteiger partial charge on any atom is 0.338 e. The largest absolute Gasteiger partial charge is 0.463 e. The fraction of sp³-hybridized carbons (Fsp3) is 0.254. The lowest BCUT2D eigenvalue weighted by atomic mass is 9.96. The van der Waals surface area contributed by atoms with Gasteiger partial charge in [0, 0.05) is 34.8 Å². The van der Waals surface area contributed by atoms with E-state index in [2.05, 4.69) is 0 Å². The van der Waals surface area contributed by atoms with E-state index < -0.39 is 227 Å². The molecule has 0 radical (unpaired) electrons. The Morgan fingerprint density at radius 2 is 0.351 bits per heavy atom. The molecule has 0 aliphatic carbocycles. The highest BCUT2D eigenvalue weighted by molar-refractivity contribution is 5.95. The summed E-state index contributed by atoms with van der Waals surface area (Å²) in [4.78, 5) is 191. The van der Waals surface area contributed by atoms with Crippen LogP contribution in [0.15, 0.2) is 346 Å². The zero-order valence-electron chi connectivity index (χ0n) is 80.2. The molecule has 4 aliphatic heterocycles. The zero-order chi connectivity index (χ0) is 104. The highest BCUT2D eigenvalue weighted by atomic mass is 16.8. The van der Waals surface area contributed by atoms with Gasteiger partial charge in [-0.1, -0.05) is 237 Å². The van der Waals surface area contributed by atoms with Crippen LogP contribution in [0.2, 0.25) is 0 Å². The van der Waals surface area contributed by atoms with Gasteiger partial charge in [0.25, 0.3) is 0 Å². The van der Waals surface area contributed by atoms with Crippen LogP contribution in [0.5, 0.6) is 0 Å². The average molecular weight is 2010 g/mol. The second-order valence-electron chi connectivity index (χ2n) is 34.3. The number of hydrogen-bond donors (Lipinski definition) is 0. The van der Waals surface area contributed by atoms with Gasteiger partial charge in [0.15, 0.2) is 98.4 Å². The Morgan fingerprint density at radius 1 is 0.182 bits per heavy atom. The molecular weight excluding hydrogens is 1910 g/mol. The van der Waals surface area contributed by atoms with Gasteiger partial charge in [0.05, 0.1) is 69.9 Å². The number of esters is 13. The van der Waals surface area contributed by atoms with Gasteiger partial charge in [-0.15, -0.1) is 0 Å². The molecule has 4 heterocycles. The Hall–Kier alpha value is -16.6. The quantitative estimate of drug-likeness (QED) is 0.0260. The fourth-order valence-electron chi connectivity index (χ4n) is 17.1. The molecule has 0 saturated carbocycles. The van der Waals surface area contributed by atoms with Crippen LogP contribution in [0.1, 0.15) is 121 Å². The predicted molar refractivity (Wildman–Crippen MR) is 520 cm³/mol. The maximum absolute atomic E-state index is 16.0. The van der Waals surface area contributed by atoms with Crippen LogP contribution in [-0.4, -0.2) is 234 Å². The normalized spacial score (nSPS) is 23.4. The molecular formula is C114H100O34. The van der Waals surface area contributed by atoms with Crippen molar-refractivity contribution in [2.75, 3.05) is 33.5 Å². The summed E-state index contributed by atoms with van der Waals surface area (Å²) in [6, 6.07) is 90.8. The van der Waals surface area contributed by atoms with Gasteiger partial charge in [-0.3, -0.25) is 19.2 Å². The van der Waals surface area contributed by atoms with Crippen LogP contribution in [0.25, 0.3) is 33.4 Å². The number of ether oxygens (including phenoxy) is 21. The third-order valence-corrected chi connectivity index (χ3v) is 24.2. The van der Waals surface area contributed by atoms with Crippen molar-refractivity contribution >= 4 is 77.6 Å². The van der Waals surface area contributed by atoms with Crippen molar-refractivity contribution in [2.45, 2.75) is 151 Å². The predicted octanol–water partition coefficient (Wildman–Crippen LogP) is 15.0. The van der Waals surface area contributed by atoms with Crippen LogP contribution in [0.4, 0.5) is 0 Å². The number of carbonyl (C=O) groups is 13. The molecule has 760 valence electrons. The molecule has 16 rings (SSSR count). The summed E-state index contributed by atoms with van der Waals surface area (Å²) in [6.07, 6.45) is -40.5. The zero-order valence-corrected chi connectivity index (χ0v) is 80.2. The summed E-state index contributed by atoms with van der Waals surface area (Å²) in [5.74, 6) is -14.0. The van der Waals surface area contributed by atoms with Gasteiger partial charge < -0.3 is 99.5 Å². The molecule has 0 unspecified atom stereocenters. The molecule has 34 nitrogen and oxygen atoms in total. The molecule has 0 aromatic heterocycles. The lowest BCUT2D eigenvalue weighted by molar-refractivity contribution is -0.345. The topological polar surface area (TPSA) is 416 Å². The minimum absolute atomic E-state index is 0.00898. The van der Waals surface area contributed by atoms with Crippen molar-refractivity contribution in [3.63, 3.8) is 0 Å². The monoisotopic (exact) mass is 2010 g/mol. The smallest absolute Gasteiger partial charge is 0.338 e. The number of carbonyl (C=O) groups excluding carboxylic acids is 13. The summed E-state index contributed by atoms with van der Waals surface area (Å²) in [6.45, 7) is 0.111. The van der Waals surface area contributed by atoms with Gasteiger partial charge in [-0.05, 0) is 143 Å². The molecule has 0 amide bonds. The molecule has 148 heavy (non-hydrogen) atoms. The first-order chi connectivity index (χ1) is 71.8. The highest BCUT2D eigenvalue weighted by Gasteiger charge is 2.60. The van der Waals surface area contributed by atoms with E-state index in [1.54, 1.807) is 109 Å². The van der Waals surface area contributed by atoms with Crippen molar-refractivity contribution in [2.24, 2.45) is 0 Å². The minimum atomic E-state index is -2.32. The van der Waals surface area contributed by atoms with E-state index in [0.717, 1.165) is 44.4 Å². The number of methoxy groups -OCH3 is 1. The van der Waals surface area contributed by atoms with Gasteiger partial charge in [0.1, 0.15) is 31.0 Å². The third-order valence-electron chi connectivity index (χ3n) is 24.2. The molecule has 4 saturated heterocycles. The number of benzene rings is 12. The molecule has 4 fully saturated rings.